The number of benzene rings is 3. The first-order valence-corrected chi connectivity index (χ1v) is 13.5. The highest BCUT2D eigenvalue weighted by molar-refractivity contribution is 6.04. The number of halogens is 1. The van der Waals surface area contributed by atoms with Crippen LogP contribution in [-0.2, 0) is 6.42 Å². The number of carbonyl (C=O) groups is 1. The molecule has 4 aromatic rings. The van der Waals surface area contributed by atoms with Gasteiger partial charge in [-0.25, -0.2) is 14.4 Å². The molecule has 1 aliphatic rings. The smallest absolute Gasteiger partial charge is 0.255 e. The third-order valence-corrected chi connectivity index (χ3v) is 7.18. The minimum absolute atomic E-state index is 0.101. The Morgan fingerprint density at radius 3 is 2.62 bits per heavy atom. The molecule has 0 aliphatic heterocycles. The number of hydrogen-bond acceptors (Lipinski definition) is 6. The number of hydrogen-bond donors (Lipinski definition) is 2. The van der Waals surface area contributed by atoms with Crippen molar-refractivity contribution in [3.8, 4) is 17.0 Å². The number of unbranched alkanes of at least 4 members (excludes halogenated alkanes) is 1. The molecule has 1 aliphatic carbocycles. The molecule has 0 spiro atoms. The predicted octanol–water partition coefficient (Wildman–Crippen LogP) is 5.99. The summed E-state index contributed by atoms with van der Waals surface area (Å²) in [4.78, 5) is 24.4. The minimum Gasteiger partial charge on any atom is -0.494 e. The van der Waals surface area contributed by atoms with Crippen LogP contribution in [0.3, 0.4) is 0 Å². The summed E-state index contributed by atoms with van der Waals surface area (Å²) in [5.41, 5.74) is 6.42. The first-order valence-electron chi connectivity index (χ1n) is 13.5. The molecule has 8 heteroatoms. The van der Waals surface area contributed by atoms with Crippen LogP contribution in [0.25, 0.3) is 11.3 Å². The van der Waals surface area contributed by atoms with Crippen LogP contribution in [0.2, 0.25) is 0 Å². The van der Waals surface area contributed by atoms with Crippen molar-refractivity contribution in [1.29, 1.82) is 0 Å². The van der Waals surface area contributed by atoms with E-state index in [9.17, 15) is 9.18 Å². The number of fused-ring (bicyclic) bond motifs is 3. The van der Waals surface area contributed by atoms with Gasteiger partial charge in [-0.3, -0.25) is 4.79 Å². The Balaban J connectivity index is 1.30. The van der Waals surface area contributed by atoms with Crippen molar-refractivity contribution in [2.24, 2.45) is 0 Å². The molecule has 40 heavy (non-hydrogen) atoms. The Morgan fingerprint density at radius 2 is 1.88 bits per heavy atom. The molecule has 1 aromatic heterocycles. The Kier molecular flexibility index (Phi) is 8.36. The first kappa shape index (κ1) is 27.3. The standard InChI is InChI=1S/C32H34FN5O2/c1-38(2)17-7-6-16-34-32-35-20-23-18-27(25-8-4-5-9-26(25)30(23)37-32)21-10-13-24(14-11-21)36-31(39)22-12-15-29(40-3)28(33)19-22/h4-5,8-15,19-20,27H,6-7,16-18H2,1-3H3,(H,36,39)(H,34,35,37). The van der Waals surface area contributed by atoms with E-state index in [1.807, 2.05) is 36.5 Å². The lowest BCUT2D eigenvalue weighted by Gasteiger charge is -2.27. The average molecular weight is 540 g/mol. The molecular weight excluding hydrogens is 505 g/mol. The average Bonchev–Trinajstić information content (AvgIpc) is 2.97. The first-order chi connectivity index (χ1) is 19.4. The van der Waals surface area contributed by atoms with Crippen molar-refractivity contribution in [3.63, 3.8) is 0 Å². The molecule has 0 saturated heterocycles. The number of methoxy groups -OCH3 is 1. The van der Waals surface area contributed by atoms with Gasteiger partial charge in [-0.2, -0.15) is 0 Å². The Bertz CT molecular complexity index is 1490. The molecule has 5 rings (SSSR count). The number of rotatable bonds is 10. The molecule has 1 atom stereocenters. The highest BCUT2D eigenvalue weighted by Gasteiger charge is 2.27. The second-order valence-electron chi connectivity index (χ2n) is 10.3. The van der Waals surface area contributed by atoms with Crippen molar-refractivity contribution >= 4 is 17.5 Å². The largest absolute Gasteiger partial charge is 0.494 e. The maximum atomic E-state index is 14.0. The molecule has 0 bridgehead atoms. The molecule has 0 saturated carbocycles. The zero-order valence-corrected chi connectivity index (χ0v) is 23.1. The minimum atomic E-state index is -0.575. The molecule has 3 aromatic carbocycles. The lowest BCUT2D eigenvalue weighted by atomic mass is 9.78. The van der Waals surface area contributed by atoms with Crippen LogP contribution >= 0.6 is 0 Å². The van der Waals surface area contributed by atoms with Crippen LogP contribution in [0.5, 0.6) is 5.75 Å². The number of amides is 1. The normalized spacial score (nSPS) is 13.9. The van der Waals surface area contributed by atoms with Crippen molar-refractivity contribution in [2.75, 3.05) is 44.9 Å². The summed E-state index contributed by atoms with van der Waals surface area (Å²) in [5.74, 6) is -0.0610. The van der Waals surface area contributed by atoms with Crippen LogP contribution in [0.1, 0.15) is 45.8 Å². The Hall–Kier alpha value is -4.30. The van der Waals surface area contributed by atoms with E-state index in [1.54, 1.807) is 0 Å². The quantitative estimate of drug-likeness (QED) is 0.241. The van der Waals surface area contributed by atoms with E-state index in [0.717, 1.165) is 54.7 Å². The van der Waals surface area contributed by atoms with E-state index in [-0.39, 0.29) is 23.1 Å². The molecular formula is C32H34FN5O2. The zero-order valence-electron chi connectivity index (χ0n) is 23.1. The van der Waals surface area contributed by atoms with E-state index >= 15 is 0 Å². The number of aromatic nitrogens is 2. The van der Waals surface area contributed by atoms with Gasteiger partial charge in [0.1, 0.15) is 0 Å². The van der Waals surface area contributed by atoms with Gasteiger partial charge in [-0.1, -0.05) is 36.4 Å². The summed E-state index contributed by atoms with van der Waals surface area (Å²) in [6, 6.07) is 20.4. The molecule has 1 unspecified atom stereocenters. The summed E-state index contributed by atoms with van der Waals surface area (Å²) in [7, 11) is 5.56. The fourth-order valence-electron chi connectivity index (χ4n) is 5.08. The fourth-order valence-corrected chi connectivity index (χ4v) is 5.08. The number of nitrogens with one attached hydrogen (secondary N) is 2. The van der Waals surface area contributed by atoms with Gasteiger partial charge in [0.25, 0.3) is 5.91 Å². The lowest BCUT2D eigenvalue weighted by Crippen LogP contribution is -2.17. The molecule has 1 heterocycles. The summed E-state index contributed by atoms with van der Waals surface area (Å²) in [6.45, 7) is 1.91. The third-order valence-electron chi connectivity index (χ3n) is 7.18. The number of nitrogens with zero attached hydrogens (tertiary/aromatic N) is 3. The molecule has 0 radical (unpaired) electrons. The van der Waals surface area contributed by atoms with Gasteiger partial charge in [-0.15, -0.1) is 0 Å². The van der Waals surface area contributed by atoms with Crippen LogP contribution in [0.15, 0.2) is 72.9 Å². The highest BCUT2D eigenvalue weighted by Crippen LogP contribution is 2.42. The topological polar surface area (TPSA) is 79.4 Å². The third kappa shape index (κ3) is 6.13. The molecule has 2 N–H and O–H groups in total. The second kappa shape index (κ2) is 12.3. The van der Waals surface area contributed by atoms with Gasteiger partial charge < -0.3 is 20.3 Å². The molecule has 1 amide bonds. The van der Waals surface area contributed by atoms with E-state index in [4.69, 9.17) is 9.72 Å². The second-order valence-corrected chi connectivity index (χ2v) is 10.3. The lowest BCUT2D eigenvalue weighted by molar-refractivity contribution is 0.102. The van der Waals surface area contributed by atoms with Gasteiger partial charge in [0.2, 0.25) is 5.95 Å². The molecule has 206 valence electrons. The summed E-state index contributed by atoms with van der Waals surface area (Å²) >= 11 is 0. The monoisotopic (exact) mass is 539 g/mol. The van der Waals surface area contributed by atoms with Crippen molar-refractivity contribution in [2.45, 2.75) is 25.2 Å². The molecule has 7 nitrogen and oxygen atoms in total. The molecule has 0 fully saturated rings. The highest BCUT2D eigenvalue weighted by atomic mass is 19.1. The number of ether oxygens (including phenoxy) is 1. The van der Waals surface area contributed by atoms with E-state index < -0.39 is 5.82 Å². The number of carbonyl (C=O) groups excluding carboxylic acids is 1. The van der Waals surface area contributed by atoms with Gasteiger partial charge in [-0.05, 0) is 86.9 Å². The van der Waals surface area contributed by atoms with Gasteiger partial charge in [0.05, 0.1) is 12.8 Å². The summed E-state index contributed by atoms with van der Waals surface area (Å²) in [6.07, 6.45) is 4.91. The fraction of sp³-hybridized carbons (Fsp3) is 0.281. The maximum Gasteiger partial charge on any atom is 0.255 e. The number of anilines is 2. The predicted molar refractivity (Wildman–Crippen MR) is 157 cm³/mol. The summed E-state index contributed by atoms with van der Waals surface area (Å²) in [5, 5.41) is 6.23. The maximum absolute atomic E-state index is 14.0. The SMILES string of the molecule is COc1ccc(C(=O)Nc2ccc(C3Cc4cnc(NCCCCN(C)C)nc4-c4ccccc43)cc2)cc1F. The summed E-state index contributed by atoms with van der Waals surface area (Å²) < 4.78 is 19.0. The van der Waals surface area contributed by atoms with Crippen LogP contribution in [-0.4, -0.2) is 55.1 Å². The van der Waals surface area contributed by atoms with Gasteiger partial charge in [0, 0.05) is 35.5 Å². The van der Waals surface area contributed by atoms with Crippen molar-refractivity contribution < 1.29 is 13.9 Å². The van der Waals surface area contributed by atoms with E-state index in [1.165, 1.54) is 30.9 Å². The van der Waals surface area contributed by atoms with Crippen LogP contribution < -0.4 is 15.4 Å². The van der Waals surface area contributed by atoms with E-state index in [2.05, 4.69) is 52.8 Å². The Labute approximate surface area is 234 Å². The van der Waals surface area contributed by atoms with E-state index in [0.29, 0.717) is 11.6 Å². The van der Waals surface area contributed by atoms with Crippen molar-refractivity contribution in [1.82, 2.24) is 14.9 Å². The Morgan fingerprint density at radius 1 is 1.07 bits per heavy atom. The van der Waals surface area contributed by atoms with Gasteiger partial charge >= 0.3 is 0 Å². The zero-order chi connectivity index (χ0) is 28.1. The van der Waals surface area contributed by atoms with Crippen LogP contribution in [0.4, 0.5) is 16.0 Å². The van der Waals surface area contributed by atoms with Crippen molar-refractivity contribution in [3.05, 3.63) is 101 Å². The van der Waals surface area contributed by atoms with Gasteiger partial charge in [0.15, 0.2) is 11.6 Å². The van der Waals surface area contributed by atoms with Crippen LogP contribution in [0, 0.1) is 5.82 Å².